The number of hydrogen-bond donors (Lipinski definition) is 0. The summed E-state index contributed by atoms with van der Waals surface area (Å²) >= 11 is 0. The predicted octanol–water partition coefficient (Wildman–Crippen LogP) is 5.68. The first-order valence-electron chi connectivity index (χ1n) is 11.2. The quantitative estimate of drug-likeness (QED) is 0.338. The molecule has 3 nitrogen and oxygen atoms in total. The molecule has 0 radical (unpaired) electrons. The van der Waals surface area contributed by atoms with E-state index in [4.69, 9.17) is 15.0 Å². The van der Waals surface area contributed by atoms with Crippen molar-refractivity contribution in [2.24, 2.45) is 0 Å². The van der Waals surface area contributed by atoms with Gasteiger partial charge in [0.2, 0.25) is 0 Å². The van der Waals surface area contributed by atoms with Gasteiger partial charge in [-0.15, -0.1) is 0 Å². The van der Waals surface area contributed by atoms with Crippen molar-refractivity contribution in [3.8, 4) is 45.3 Å². The standard InChI is InChI=1S/C29H23N3Si/c1-33(2)25-19-10-9-16-22(25)23-17-11-18-24(26(23)33)29-31-27(20-12-5-3-6-13-20)30-28(32-29)21-14-7-4-8-15-21/h3-19H,1-2H3. The normalized spacial score (nSPS) is 13.4. The summed E-state index contributed by atoms with van der Waals surface area (Å²) in [6, 6.07) is 35.7. The van der Waals surface area contributed by atoms with E-state index in [-0.39, 0.29) is 0 Å². The Hall–Kier alpha value is -3.89. The van der Waals surface area contributed by atoms with Crippen molar-refractivity contribution >= 4 is 18.4 Å². The van der Waals surface area contributed by atoms with E-state index in [0.29, 0.717) is 11.6 Å². The van der Waals surface area contributed by atoms with Crippen LogP contribution in [0, 0.1) is 0 Å². The van der Waals surface area contributed by atoms with Crippen LogP contribution in [0.25, 0.3) is 45.3 Å². The summed E-state index contributed by atoms with van der Waals surface area (Å²) in [6.45, 7) is 4.86. The smallest absolute Gasteiger partial charge is 0.164 e. The van der Waals surface area contributed by atoms with Gasteiger partial charge in [0.25, 0.3) is 0 Å². The monoisotopic (exact) mass is 441 g/mol. The van der Waals surface area contributed by atoms with Crippen molar-refractivity contribution in [3.05, 3.63) is 103 Å². The SMILES string of the molecule is C[Si]1(C)c2ccccc2-c2cccc(-c3nc(-c4ccccc4)nc(-c4ccccc4)n3)c21. The lowest BCUT2D eigenvalue weighted by Crippen LogP contribution is -2.50. The van der Waals surface area contributed by atoms with Crippen LogP contribution >= 0.6 is 0 Å². The largest absolute Gasteiger partial charge is 0.208 e. The van der Waals surface area contributed by atoms with Crippen molar-refractivity contribution in [3.63, 3.8) is 0 Å². The van der Waals surface area contributed by atoms with E-state index in [0.717, 1.165) is 22.5 Å². The van der Waals surface area contributed by atoms with Crippen LogP contribution in [-0.2, 0) is 0 Å². The zero-order chi connectivity index (χ0) is 22.4. The van der Waals surface area contributed by atoms with Gasteiger partial charge in [0.15, 0.2) is 17.5 Å². The van der Waals surface area contributed by atoms with Crippen molar-refractivity contribution in [2.75, 3.05) is 0 Å². The summed E-state index contributed by atoms with van der Waals surface area (Å²) in [6.07, 6.45) is 0. The minimum Gasteiger partial charge on any atom is -0.208 e. The van der Waals surface area contributed by atoms with Gasteiger partial charge >= 0.3 is 0 Å². The van der Waals surface area contributed by atoms with E-state index in [1.807, 2.05) is 36.4 Å². The average molecular weight is 442 g/mol. The lowest BCUT2D eigenvalue weighted by molar-refractivity contribution is 1.08. The summed E-state index contributed by atoms with van der Waals surface area (Å²) in [4.78, 5) is 14.9. The summed E-state index contributed by atoms with van der Waals surface area (Å²) < 4.78 is 0. The molecule has 158 valence electrons. The number of aromatic nitrogens is 3. The molecule has 1 aliphatic rings. The number of rotatable bonds is 3. The number of nitrogens with zero attached hydrogens (tertiary/aromatic N) is 3. The maximum atomic E-state index is 5.01. The lowest BCUT2D eigenvalue weighted by Gasteiger charge is -2.21. The summed E-state index contributed by atoms with van der Waals surface area (Å²) in [5, 5.41) is 2.89. The molecule has 0 amide bonds. The third kappa shape index (κ3) is 3.22. The zero-order valence-electron chi connectivity index (χ0n) is 18.7. The van der Waals surface area contributed by atoms with Crippen LogP contribution in [-0.4, -0.2) is 23.0 Å². The third-order valence-electron chi connectivity index (χ3n) is 6.52. The first-order valence-corrected chi connectivity index (χ1v) is 14.2. The van der Waals surface area contributed by atoms with Gasteiger partial charge in [0.1, 0.15) is 8.07 Å². The van der Waals surface area contributed by atoms with E-state index in [1.54, 1.807) is 0 Å². The fraction of sp³-hybridized carbons (Fsp3) is 0.0690. The van der Waals surface area contributed by atoms with Crippen molar-refractivity contribution in [1.82, 2.24) is 15.0 Å². The minimum atomic E-state index is -1.90. The summed E-state index contributed by atoms with van der Waals surface area (Å²) in [7, 11) is -1.90. The van der Waals surface area contributed by atoms with Crippen LogP contribution < -0.4 is 10.4 Å². The Kier molecular flexibility index (Phi) is 4.56. The first kappa shape index (κ1) is 19.8. The molecule has 0 spiro atoms. The molecule has 0 N–H and O–H groups in total. The van der Waals surface area contributed by atoms with E-state index in [1.165, 1.54) is 21.5 Å². The van der Waals surface area contributed by atoms with E-state index in [9.17, 15) is 0 Å². The first-order chi connectivity index (χ1) is 16.1. The second-order valence-electron chi connectivity index (χ2n) is 8.94. The topological polar surface area (TPSA) is 38.7 Å². The van der Waals surface area contributed by atoms with Gasteiger partial charge in [0, 0.05) is 16.7 Å². The molecule has 0 aliphatic carbocycles. The van der Waals surface area contributed by atoms with Crippen molar-refractivity contribution in [2.45, 2.75) is 13.1 Å². The maximum absolute atomic E-state index is 5.01. The highest BCUT2D eigenvalue weighted by atomic mass is 28.3. The van der Waals surface area contributed by atoms with E-state index < -0.39 is 8.07 Å². The van der Waals surface area contributed by atoms with Gasteiger partial charge in [-0.1, -0.05) is 116 Å². The molecule has 0 saturated carbocycles. The maximum Gasteiger partial charge on any atom is 0.164 e. The van der Waals surface area contributed by atoms with Crippen LogP contribution in [0.5, 0.6) is 0 Å². The predicted molar refractivity (Wildman–Crippen MR) is 138 cm³/mol. The zero-order valence-corrected chi connectivity index (χ0v) is 19.7. The van der Waals surface area contributed by atoms with Crippen LogP contribution in [0.3, 0.4) is 0 Å². The second-order valence-corrected chi connectivity index (χ2v) is 13.2. The fourth-order valence-corrected chi connectivity index (χ4v) is 8.40. The van der Waals surface area contributed by atoms with Gasteiger partial charge in [-0.3, -0.25) is 0 Å². The van der Waals surface area contributed by atoms with Gasteiger partial charge in [-0.25, -0.2) is 15.0 Å². The van der Waals surface area contributed by atoms with Crippen molar-refractivity contribution < 1.29 is 0 Å². The Morgan fingerprint density at radius 3 is 1.58 bits per heavy atom. The Bertz CT molecular complexity index is 1420. The molecular formula is C29H23N3Si. The Morgan fingerprint density at radius 1 is 0.455 bits per heavy atom. The van der Waals surface area contributed by atoms with Gasteiger partial charge in [0.05, 0.1) is 0 Å². The molecule has 4 aromatic carbocycles. The molecule has 4 heteroatoms. The van der Waals surface area contributed by atoms with Crippen molar-refractivity contribution in [1.29, 1.82) is 0 Å². The molecule has 6 rings (SSSR count). The van der Waals surface area contributed by atoms with Crippen LogP contribution in [0.1, 0.15) is 0 Å². The highest BCUT2D eigenvalue weighted by Crippen LogP contribution is 2.33. The van der Waals surface area contributed by atoms with E-state index in [2.05, 4.69) is 79.8 Å². The molecule has 0 fully saturated rings. The second kappa shape index (κ2) is 7.61. The third-order valence-corrected chi connectivity index (χ3v) is 10.1. The number of fused-ring (bicyclic) bond motifs is 3. The molecule has 0 atom stereocenters. The average Bonchev–Trinajstić information content (AvgIpc) is 3.12. The molecule has 0 saturated heterocycles. The molecule has 1 aromatic heterocycles. The fourth-order valence-electron chi connectivity index (χ4n) is 4.96. The summed E-state index contributed by atoms with van der Waals surface area (Å²) in [5.41, 5.74) is 5.78. The Labute approximate surface area is 194 Å². The summed E-state index contributed by atoms with van der Waals surface area (Å²) in [5.74, 6) is 2.15. The van der Waals surface area contributed by atoms with Crippen LogP contribution in [0.2, 0.25) is 13.1 Å². The van der Waals surface area contributed by atoms with Gasteiger partial charge < -0.3 is 0 Å². The molecule has 1 aliphatic heterocycles. The van der Waals surface area contributed by atoms with Crippen LogP contribution in [0.4, 0.5) is 0 Å². The number of hydrogen-bond acceptors (Lipinski definition) is 3. The lowest BCUT2D eigenvalue weighted by atomic mass is 10.0. The highest BCUT2D eigenvalue weighted by Gasteiger charge is 2.39. The van der Waals surface area contributed by atoms with Gasteiger partial charge in [-0.2, -0.15) is 0 Å². The highest BCUT2D eigenvalue weighted by molar-refractivity contribution is 7.04. The molecule has 0 bridgehead atoms. The minimum absolute atomic E-state index is 0.701. The molecule has 33 heavy (non-hydrogen) atoms. The van der Waals surface area contributed by atoms with E-state index >= 15 is 0 Å². The van der Waals surface area contributed by atoms with Crippen LogP contribution in [0.15, 0.2) is 103 Å². The van der Waals surface area contributed by atoms with Gasteiger partial charge in [-0.05, 0) is 21.5 Å². The number of benzene rings is 4. The Morgan fingerprint density at radius 2 is 0.939 bits per heavy atom. The Balaban J connectivity index is 1.62. The molecule has 0 unspecified atom stereocenters. The molecule has 2 heterocycles. The molecule has 5 aromatic rings. The molecular weight excluding hydrogens is 418 g/mol.